The summed E-state index contributed by atoms with van der Waals surface area (Å²) in [7, 11) is 0. The Morgan fingerprint density at radius 3 is 2.59 bits per heavy atom. The van der Waals surface area contributed by atoms with Gasteiger partial charge in [-0.3, -0.25) is 14.4 Å². The number of rotatable bonds is 9. The minimum atomic E-state index is -1.20. The minimum Gasteiger partial charge on any atom is -0.480 e. The summed E-state index contributed by atoms with van der Waals surface area (Å²) in [4.78, 5) is 58.9. The highest BCUT2D eigenvalue weighted by Gasteiger charge is 2.32. The molecule has 1 aliphatic heterocycles. The number of carboxylic acids is 1. The number of hydrogen-bond acceptors (Lipinski definition) is 5. The van der Waals surface area contributed by atoms with Gasteiger partial charge in [-0.1, -0.05) is 18.2 Å². The van der Waals surface area contributed by atoms with Crippen molar-refractivity contribution < 1.29 is 24.3 Å². The fourth-order valence-electron chi connectivity index (χ4n) is 3.90. The summed E-state index contributed by atoms with van der Waals surface area (Å²) in [5, 5.41) is 18.4. The Bertz CT molecular complexity index is 1180. The third-order valence-corrected chi connectivity index (χ3v) is 5.64. The standard InChI is InChI=1S/C22H24N6O5.ClH/c29-19-6-5-16(26-19)20(30)27-17(8-13-10-23-11-25-13)21(31)28-18(22(32)33)7-12-9-24-15-4-2-1-3-14(12)15;/h1-4,9-11,16-18,24H,5-8H2,(H,23,25)(H,26,29)(H,27,30)(H,28,31)(H,32,33);1H/t16-,17-,18-;/m0./s1. The van der Waals surface area contributed by atoms with Gasteiger partial charge in [0.2, 0.25) is 17.7 Å². The van der Waals surface area contributed by atoms with E-state index >= 15 is 0 Å². The topological polar surface area (TPSA) is 169 Å². The Labute approximate surface area is 200 Å². The van der Waals surface area contributed by atoms with Gasteiger partial charge in [-0.05, 0) is 18.1 Å². The second kappa shape index (κ2) is 10.8. The van der Waals surface area contributed by atoms with E-state index in [9.17, 15) is 24.3 Å². The number of aromatic amines is 2. The number of imidazole rings is 1. The normalized spacial score (nSPS) is 16.8. The zero-order valence-electron chi connectivity index (χ0n) is 18.0. The predicted molar refractivity (Wildman–Crippen MR) is 124 cm³/mol. The van der Waals surface area contributed by atoms with E-state index in [0.717, 1.165) is 16.5 Å². The van der Waals surface area contributed by atoms with Gasteiger partial charge in [-0.2, -0.15) is 0 Å². The van der Waals surface area contributed by atoms with Gasteiger partial charge in [0.25, 0.3) is 0 Å². The minimum absolute atomic E-state index is 0. The van der Waals surface area contributed by atoms with E-state index in [-0.39, 0.29) is 37.6 Å². The zero-order valence-corrected chi connectivity index (χ0v) is 18.9. The highest BCUT2D eigenvalue weighted by molar-refractivity contribution is 5.95. The molecule has 2 aromatic heterocycles. The Hall–Kier alpha value is -3.86. The van der Waals surface area contributed by atoms with E-state index < -0.39 is 35.9 Å². The number of amides is 3. The van der Waals surface area contributed by atoms with E-state index in [1.54, 1.807) is 6.20 Å². The Morgan fingerprint density at radius 2 is 1.91 bits per heavy atom. The second-order valence-corrected chi connectivity index (χ2v) is 7.96. The van der Waals surface area contributed by atoms with Crippen LogP contribution in [0.4, 0.5) is 0 Å². The van der Waals surface area contributed by atoms with Gasteiger partial charge in [0.1, 0.15) is 18.1 Å². The van der Waals surface area contributed by atoms with E-state index in [2.05, 4.69) is 30.9 Å². The number of hydrogen-bond donors (Lipinski definition) is 6. The van der Waals surface area contributed by atoms with Crippen molar-refractivity contribution in [1.82, 2.24) is 30.9 Å². The molecule has 34 heavy (non-hydrogen) atoms. The van der Waals surface area contributed by atoms with Crippen LogP contribution in [0.15, 0.2) is 43.0 Å². The van der Waals surface area contributed by atoms with Crippen LogP contribution in [0.25, 0.3) is 10.9 Å². The van der Waals surface area contributed by atoms with Crippen LogP contribution in [0.1, 0.15) is 24.1 Å². The fraction of sp³-hybridized carbons (Fsp3) is 0.318. The number of fused-ring (bicyclic) bond motifs is 1. The van der Waals surface area contributed by atoms with Crippen molar-refractivity contribution in [3.05, 3.63) is 54.2 Å². The van der Waals surface area contributed by atoms with Crippen molar-refractivity contribution >= 4 is 47.0 Å². The number of H-pyrrole nitrogens is 2. The molecule has 3 aromatic rings. The van der Waals surface area contributed by atoms with Crippen LogP contribution in [-0.2, 0) is 32.0 Å². The molecule has 0 unspecified atom stereocenters. The molecule has 180 valence electrons. The van der Waals surface area contributed by atoms with E-state index in [1.807, 2.05) is 24.3 Å². The number of nitrogens with one attached hydrogen (secondary N) is 5. The van der Waals surface area contributed by atoms with Gasteiger partial charge >= 0.3 is 5.97 Å². The smallest absolute Gasteiger partial charge is 0.326 e. The summed E-state index contributed by atoms with van der Waals surface area (Å²) in [5.41, 5.74) is 2.21. The van der Waals surface area contributed by atoms with Gasteiger partial charge < -0.3 is 31.0 Å². The van der Waals surface area contributed by atoms with Gasteiger partial charge in [-0.15, -0.1) is 12.4 Å². The molecule has 12 heteroatoms. The molecule has 0 spiro atoms. The monoisotopic (exact) mass is 488 g/mol. The van der Waals surface area contributed by atoms with Crippen molar-refractivity contribution in [3.8, 4) is 0 Å². The first-order chi connectivity index (χ1) is 15.9. The van der Waals surface area contributed by atoms with Crippen molar-refractivity contribution in [2.45, 2.75) is 43.8 Å². The molecule has 3 amide bonds. The zero-order chi connectivity index (χ0) is 23.4. The summed E-state index contributed by atoms with van der Waals surface area (Å²) >= 11 is 0. The summed E-state index contributed by atoms with van der Waals surface area (Å²) in [6.07, 6.45) is 5.40. The number of para-hydroxylation sites is 1. The molecule has 11 nitrogen and oxygen atoms in total. The molecule has 0 saturated carbocycles. The van der Waals surface area contributed by atoms with Crippen LogP contribution in [-0.4, -0.2) is 61.9 Å². The predicted octanol–water partition coefficient (Wildman–Crippen LogP) is 0.431. The molecule has 3 atom stereocenters. The average molecular weight is 489 g/mol. The number of aliphatic carboxylic acids is 1. The summed E-state index contributed by atoms with van der Waals surface area (Å²) in [6.45, 7) is 0. The Balaban J connectivity index is 0.00000324. The molecular weight excluding hydrogens is 464 g/mol. The van der Waals surface area contributed by atoms with Gasteiger partial charge in [0, 0.05) is 48.3 Å². The van der Waals surface area contributed by atoms with Gasteiger partial charge in [0.15, 0.2) is 0 Å². The second-order valence-electron chi connectivity index (χ2n) is 7.96. The molecule has 1 aromatic carbocycles. The molecule has 0 radical (unpaired) electrons. The maximum Gasteiger partial charge on any atom is 0.326 e. The lowest BCUT2D eigenvalue weighted by molar-refractivity contribution is -0.142. The van der Waals surface area contributed by atoms with Crippen molar-refractivity contribution in [2.24, 2.45) is 0 Å². The average Bonchev–Trinajstić information content (AvgIpc) is 3.54. The largest absolute Gasteiger partial charge is 0.480 e. The lowest BCUT2D eigenvalue weighted by Crippen LogP contribution is -2.55. The lowest BCUT2D eigenvalue weighted by Gasteiger charge is -2.22. The molecule has 0 bridgehead atoms. The first-order valence-corrected chi connectivity index (χ1v) is 10.6. The Morgan fingerprint density at radius 1 is 1.12 bits per heavy atom. The third-order valence-electron chi connectivity index (χ3n) is 5.64. The van der Waals surface area contributed by atoms with E-state index in [0.29, 0.717) is 12.1 Å². The van der Waals surface area contributed by atoms with Crippen molar-refractivity contribution in [3.63, 3.8) is 0 Å². The summed E-state index contributed by atoms with van der Waals surface area (Å²) in [6, 6.07) is 4.49. The number of carboxylic acid groups (broad SMARTS) is 1. The van der Waals surface area contributed by atoms with Crippen LogP contribution in [0.5, 0.6) is 0 Å². The molecule has 3 heterocycles. The number of aromatic nitrogens is 3. The molecule has 0 aliphatic carbocycles. The van der Waals surface area contributed by atoms with Crippen LogP contribution in [0.2, 0.25) is 0 Å². The fourth-order valence-corrected chi connectivity index (χ4v) is 3.90. The number of carbonyl (C=O) groups excluding carboxylic acids is 3. The number of nitrogens with zero attached hydrogens (tertiary/aromatic N) is 1. The summed E-state index contributed by atoms with van der Waals surface area (Å²) < 4.78 is 0. The number of carbonyl (C=O) groups is 4. The number of halogens is 1. The van der Waals surface area contributed by atoms with Crippen molar-refractivity contribution in [1.29, 1.82) is 0 Å². The molecule has 6 N–H and O–H groups in total. The maximum absolute atomic E-state index is 13.1. The van der Waals surface area contributed by atoms with Crippen LogP contribution >= 0.6 is 12.4 Å². The Kier molecular flexibility index (Phi) is 7.90. The van der Waals surface area contributed by atoms with Gasteiger partial charge in [-0.25, -0.2) is 9.78 Å². The van der Waals surface area contributed by atoms with E-state index in [1.165, 1.54) is 12.5 Å². The van der Waals surface area contributed by atoms with Crippen LogP contribution in [0, 0.1) is 0 Å². The number of benzene rings is 1. The van der Waals surface area contributed by atoms with Crippen LogP contribution < -0.4 is 16.0 Å². The third kappa shape index (κ3) is 5.73. The summed E-state index contributed by atoms with van der Waals surface area (Å²) in [5.74, 6) is -2.56. The SMILES string of the molecule is Cl.O=C1CC[C@@H](C(=O)N[C@@H](Cc2cnc[nH]2)C(=O)N[C@@H](Cc2c[nH]c3ccccc23)C(=O)O)N1. The molecule has 1 aliphatic rings. The van der Waals surface area contributed by atoms with E-state index in [4.69, 9.17) is 0 Å². The van der Waals surface area contributed by atoms with Crippen LogP contribution in [0.3, 0.4) is 0 Å². The first kappa shape index (κ1) is 24.8. The van der Waals surface area contributed by atoms with Gasteiger partial charge in [0.05, 0.1) is 6.33 Å². The molecule has 1 saturated heterocycles. The van der Waals surface area contributed by atoms with Crippen molar-refractivity contribution in [2.75, 3.05) is 0 Å². The molecule has 1 fully saturated rings. The maximum atomic E-state index is 13.1. The highest BCUT2D eigenvalue weighted by atomic mass is 35.5. The lowest BCUT2D eigenvalue weighted by atomic mass is 10.0. The molecule has 4 rings (SSSR count). The first-order valence-electron chi connectivity index (χ1n) is 10.6. The molecular formula is C22H25ClN6O5. The quantitative estimate of drug-likeness (QED) is 0.255. The highest BCUT2D eigenvalue weighted by Crippen LogP contribution is 2.19.